The lowest BCUT2D eigenvalue weighted by Crippen LogP contribution is -2.49. The van der Waals surface area contributed by atoms with Crippen LogP contribution in [0.25, 0.3) is 0 Å². The number of nitrogens with two attached hydrogens (primary N) is 2. The fraction of sp³-hybridized carbons (Fsp3) is 0.417. The van der Waals surface area contributed by atoms with Gasteiger partial charge in [0.2, 0.25) is 0 Å². The average molecular weight is 273 g/mol. The number of rotatable bonds is 1. The number of benzene rings is 1. The van der Waals surface area contributed by atoms with E-state index in [1.54, 1.807) is 18.2 Å². The Kier molecular flexibility index (Phi) is 3.40. The minimum atomic E-state index is -4.89. The molecule has 2 atom stereocenters. The smallest absolute Gasteiger partial charge is 0.398 e. The van der Waals surface area contributed by atoms with Gasteiger partial charge in [-0.25, -0.2) is 0 Å². The number of fused-ring (bicyclic) bond motifs is 1. The topological polar surface area (TPSA) is 81.1 Å². The molecule has 0 fully saturated rings. The average Bonchev–Trinajstić information content (AvgIpc) is 2.32. The van der Waals surface area contributed by atoms with Gasteiger partial charge >= 0.3 is 12.1 Å². The third-order valence-electron chi connectivity index (χ3n) is 3.32. The van der Waals surface area contributed by atoms with Crippen molar-refractivity contribution < 1.29 is 18.0 Å². The van der Waals surface area contributed by atoms with Crippen LogP contribution in [-0.2, 0) is 11.2 Å². The number of alkyl halides is 3. The Hall–Kier alpha value is -1.76. The van der Waals surface area contributed by atoms with E-state index in [0.29, 0.717) is 24.1 Å². The summed E-state index contributed by atoms with van der Waals surface area (Å²) in [6.45, 7) is 0. The van der Waals surface area contributed by atoms with Crippen LogP contribution < -0.4 is 16.8 Å². The van der Waals surface area contributed by atoms with Gasteiger partial charge in [-0.15, -0.1) is 0 Å². The monoisotopic (exact) mass is 273 g/mol. The Balaban J connectivity index is 2.18. The molecule has 1 aromatic carbocycles. The first-order chi connectivity index (χ1) is 8.80. The van der Waals surface area contributed by atoms with Gasteiger partial charge in [-0.1, -0.05) is 12.1 Å². The van der Waals surface area contributed by atoms with E-state index in [0.717, 1.165) is 5.56 Å². The molecule has 1 aliphatic carbocycles. The number of amides is 1. The van der Waals surface area contributed by atoms with Crippen LogP contribution in [-0.4, -0.2) is 18.1 Å². The third kappa shape index (κ3) is 2.65. The summed E-state index contributed by atoms with van der Waals surface area (Å²) in [5, 5.41) is 1.94. The van der Waals surface area contributed by atoms with Crippen molar-refractivity contribution in [3.63, 3.8) is 0 Å². The minimum Gasteiger partial charge on any atom is -0.398 e. The fourth-order valence-electron chi connectivity index (χ4n) is 2.33. The second kappa shape index (κ2) is 4.73. The van der Waals surface area contributed by atoms with E-state index < -0.39 is 24.2 Å². The highest BCUT2D eigenvalue weighted by molar-refractivity contribution is 5.82. The molecule has 0 aromatic heterocycles. The number of carbonyl (C=O) groups excluding carboxylic acids is 1. The summed E-state index contributed by atoms with van der Waals surface area (Å²) in [5.74, 6) is -1.96. The lowest BCUT2D eigenvalue weighted by Gasteiger charge is -2.32. The van der Waals surface area contributed by atoms with Gasteiger partial charge in [0.25, 0.3) is 0 Å². The molecule has 0 saturated carbocycles. The summed E-state index contributed by atoms with van der Waals surface area (Å²) in [6.07, 6.45) is -4.06. The van der Waals surface area contributed by atoms with Crippen LogP contribution in [0.5, 0.6) is 0 Å². The van der Waals surface area contributed by atoms with E-state index in [9.17, 15) is 18.0 Å². The summed E-state index contributed by atoms with van der Waals surface area (Å²) in [5.41, 5.74) is 13.8. The molecule has 4 nitrogen and oxygen atoms in total. The quantitative estimate of drug-likeness (QED) is 0.674. The Morgan fingerprint density at radius 1 is 1.37 bits per heavy atom. The van der Waals surface area contributed by atoms with Crippen LogP contribution in [0.3, 0.4) is 0 Å². The van der Waals surface area contributed by atoms with Crippen molar-refractivity contribution >= 4 is 11.6 Å². The molecule has 7 heteroatoms. The van der Waals surface area contributed by atoms with Crippen LogP contribution in [0.15, 0.2) is 18.2 Å². The molecule has 0 heterocycles. The highest BCUT2D eigenvalue weighted by Crippen LogP contribution is 2.32. The second-order valence-corrected chi connectivity index (χ2v) is 4.56. The maximum Gasteiger partial charge on any atom is 0.471 e. The van der Waals surface area contributed by atoms with Crippen LogP contribution in [0, 0.1) is 0 Å². The molecule has 1 amide bonds. The number of anilines is 1. The lowest BCUT2D eigenvalue weighted by molar-refractivity contribution is -0.174. The van der Waals surface area contributed by atoms with E-state index in [-0.39, 0.29) is 0 Å². The molecule has 0 radical (unpaired) electrons. The van der Waals surface area contributed by atoms with Gasteiger partial charge in [-0.05, 0) is 30.0 Å². The molecule has 2 rings (SSSR count). The van der Waals surface area contributed by atoms with Gasteiger partial charge in [-0.2, -0.15) is 13.2 Å². The van der Waals surface area contributed by atoms with Crippen molar-refractivity contribution in [2.75, 3.05) is 5.73 Å². The number of nitrogen functional groups attached to an aromatic ring is 1. The third-order valence-corrected chi connectivity index (χ3v) is 3.32. The predicted molar refractivity (Wildman–Crippen MR) is 64.1 cm³/mol. The van der Waals surface area contributed by atoms with Crippen molar-refractivity contribution in [2.45, 2.75) is 31.1 Å². The zero-order valence-corrected chi connectivity index (χ0v) is 10.00. The Morgan fingerprint density at radius 2 is 2.05 bits per heavy atom. The zero-order chi connectivity index (χ0) is 14.2. The van der Waals surface area contributed by atoms with Crippen LogP contribution in [0.2, 0.25) is 0 Å². The standard InChI is InChI=1S/C12H14F3N3O/c13-12(14,15)11(19)18-9-5-4-6-7(10(9)17)2-1-3-8(6)16/h1-3,9-10H,4-5,16-17H2,(H,18,19)/t9?,10-/m1/s1. The molecule has 0 spiro atoms. The van der Waals surface area contributed by atoms with Crippen LogP contribution in [0.4, 0.5) is 18.9 Å². The molecule has 19 heavy (non-hydrogen) atoms. The van der Waals surface area contributed by atoms with Crippen molar-refractivity contribution in [1.82, 2.24) is 5.32 Å². The number of halogens is 3. The summed E-state index contributed by atoms with van der Waals surface area (Å²) in [4.78, 5) is 10.9. The maximum absolute atomic E-state index is 12.2. The highest BCUT2D eigenvalue weighted by Gasteiger charge is 2.41. The van der Waals surface area contributed by atoms with E-state index in [4.69, 9.17) is 11.5 Å². The van der Waals surface area contributed by atoms with E-state index in [2.05, 4.69) is 0 Å². The van der Waals surface area contributed by atoms with Crippen molar-refractivity contribution in [2.24, 2.45) is 5.73 Å². The normalized spacial score (nSPS) is 22.7. The first-order valence-corrected chi connectivity index (χ1v) is 5.81. The van der Waals surface area contributed by atoms with Crippen molar-refractivity contribution in [1.29, 1.82) is 0 Å². The van der Waals surface area contributed by atoms with E-state index in [1.807, 2.05) is 5.32 Å². The van der Waals surface area contributed by atoms with Gasteiger partial charge in [0.1, 0.15) is 0 Å². The van der Waals surface area contributed by atoms with Gasteiger partial charge in [-0.3, -0.25) is 4.79 Å². The Morgan fingerprint density at radius 3 is 2.68 bits per heavy atom. The fourth-order valence-corrected chi connectivity index (χ4v) is 2.33. The maximum atomic E-state index is 12.2. The van der Waals surface area contributed by atoms with Gasteiger partial charge in [0.05, 0.1) is 6.04 Å². The SMILES string of the molecule is Nc1cccc2c1CCC(NC(=O)C(F)(F)F)[C@@H]2N. The number of nitrogens with one attached hydrogen (secondary N) is 1. The first-order valence-electron chi connectivity index (χ1n) is 5.81. The summed E-state index contributed by atoms with van der Waals surface area (Å²) in [7, 11) is 0. The van der Waals surface area contributed by atoms with Gasteiger partial charge in [0.15, 0.2) is 0 Å². The largest absolute Gasteiger partial charge is 0.471 e. The number of carbonyl (C=O) groups is 1. The molecular formula is C12H14F3N3O. The molecule has 0 aliphatic heterocycles. The van der Waals surface area contributed by atoms with E-state index in [1.165, 1.54) is 0 Å². The van der Waals surface area contributed by atoms with Gasteiger partial charge in [0, 0.05) is 11.7 Å². The van der Waals surface area contributed by atoms with Crippen molar-refractivity contribution in [3.8, 4) is 0 Å². The second-order valence-electron chi connectivity index (χ2n) is 4.56. The summed E-state index contributed by atoms with van der Waals surface area (Å²) >= 11 is 0. The van der Waals surface area contributed by atoms with Gasteiger partial charge < -0.3 is 16.8 Å². The molecule has 0 bridgehead atoms. The minimum absolute atomic E-state index is 0.338. The summed E-state index contributed by atoms with van der Waals surface area (Å²) < 4.78 is 36.7. The Bertz CT molecular complexity index is 501. The molecule has 0 saturated heterocycles. The molecule has 1 unspecified atom stereocenters. The lowest BCUT2D eigenvalue weighted by atomic mass is 9.83. The first kappa shape index (κ1) is 13.7. The highest BCUT2D eigenvalue weighted by atomic mass is 19.4. The molecule has 5 N–H and O–H groups in total. The summed E-state index contributed by atoms with van der Waals surface area (Å²) in [6, 6.07) is 3.73. The van der Waals surface area contributed by atoms with Crippen LogP contribution >= 0.6 is 0 Å². The van der Waals surface area contributed by atoms with Crippen LogP contribution in [0.1, 0.15) is 23.6 Å². The van der Waals surface area contributed by atoms with E-state index >= 15 is 0 Å². The molecular weight excluding hydrogens is 259 g/mol. The van der Waals surface area contributed by atoms with Crippen molar-refractivity contribution in [3.05, 3.63) is 29.3 Å². The molecule has 1 aromatic rings. The zero-order valence-electron chi connectivity index (χ0n) is 10.00. The Labute approximate surface area is 108 Å². The number of hydrogen-bond donors (Lipinski definition) is 3. The molecule has 104 valence electrons. The predicted octanol–water partition coefficient (Wildman–Crippen LogP) is 1.26. The number of hydrogen-bond acceptors (Lipinski definition) is 3. The molecule has 1 aliphatic rings.